The SMILES string of the molecule is [2H]c1c([2H])c([2H])c(-c2cc(-c3ccc4c(c3)c3c5sc6ccccc6c5cc5c6cc7c(cc6n4c53)c3cc(-c4cc(C(C)(C)C)cc(C(C)(C)C)c4)cc4c5cc(-c6cc(C(C)(C)C)cc(C(C)(C)C)c6)ccc5n7c43)cc(-c3c([2H])c([2H])c([2H])c([2H])c3[2H])c2)c([2H])c1[2H]. The van der Waals surface area contributed by atoms with Crippen molar-refractivity contribution in [1.82, 2.24) is 8.80 Å². The van der Waals surface area contributed by atoms with Crippen LogP contribution in [0.3, 0.4) is 0 Å². The summed E-state index contributed by atoms with van der Waals surface area (Å²) in [7, 11) is 0. The zero-order valence-electron chi connectivity index (χ0n) is 60.2. The number of fused-ring (bicyclic) bond motifs is 16. The number of thiophene rings is 1. The summed E-state index contributed by atoms with van der Waals surface area (Å²) in [5.41, 5.74) is 17.9. The van der Waals surface area contributed by atoms with Crippen LogP contribution < -0.4 is 0 Å². The van der Waals surface area contributed by atoms with E-state index >= 15 is 0 Å². The van der Waals surface area contributed by atoms with E-state index in [1.807, 2.05) is 6.07 Å². The molecule has 0 atom stereocenters. The van der Waals surface area contributed by atoms with Crippen LogP contribution in [0.1, 0.15) is 119 Å². The Morgan fingerprint density at radius 1 is 0.294 bits per heavy atom. The third kappa shape index (κ3) is 8.03. The number of nitrogens with zero attached hydrogens (tertiary/aromatic N) is 2. The summed E-state index contributed by atoms with van der Waals surface area (Å²) in [4.78, 5) is 0. The van der Waals surface area contributed by atoms with Crippen molar-refractivity contribution in [2.75, 3.05) is 0 Å². The van der Waals surface area contributed by atoms with Gasteiger partial charge in [0.1, 0.15) is 0 Å². The molecular formula is C82H70N2S. The standard InChI is InChI=1S/C82H70N2S/c1-79(2,3)57-34-54(35-58(42-57)80(4,5)6)49-27-29-70-62(38-49)65-40-56(55-36-59(81(7,8)9)43-60(37-55)82(10,11)12)41-66-63-45-73-64(46-72(63)83(70)76(65)66)67-44-68-61-25-19-20-26-74(61)85-78(68)75-69-39-50(28-30-71(69)84(73)77(67)75)53-32-51(47-21-15-13-16-22-47)31-52(33-53)48-23-17-14-18-24-48/h13-46H,1-12H3/i13D,14D,15D,16D,17D,18D,21D,22D,23D,24D. The molecule has 16 rings (SSSR count). The molecule has 0 amide bonds. The Morgan fingerprint density at radius 3 is 1.19 bits per heavy atom. The Morgan fingerprint density at radius 2 is 0.682 bits per heavy atom. The number of hydrogen-bond acceptors (Lipinski definition) is 1. The van der Waals surface area contributed by atoms with Gasteiger partial charge in [0.2, 0.25) is 0 Å². The predicted octanol–water partition coefficient (Wildman–Crippen LogP) is 23.9. The van der Waals surface area contributed by atoms with Crippen LogP contribution in [-0.4, -0.2) is 8.80 Å². The van der Waals surface area contributed by atoms with Crippen molar-refractivity contribution in [3.63, 3.8) is 0 Å². The third-order valence-corrected chi connectivity index (χ3v) is 19.5. The second-order valence-corrected chi connectivity index (χ2v) is 29.0. The largest absolute Gasteiger partial charge is 0.308 e. The fourth-order valence-electron chi connectivity index (χ4n) is 13.5. The molecule has 16 aromatic rings. The molecular weight excluding hydrogens is 1040 g/mol. The monoisotopic (exact) mass is 1120 g/mol. The predicted molar refractivity (Wildman–Crippen MR) is 371 cm³/mol. The first-order chi connectivity index (χ1) is 44.8. The van der Waals surface area contributed by atoms with Gasteiger partial charge in [-0.05, 0) is 178 Å². The Balaban J connectivity index is 1.00. The minimum Gasteiger partial charge on any atom is -0.308 e. The summed E-state index contributed by atoms with van der Waals surface area (Å²) < 4.78 is 95.3. The van der Waals surface area contributed by atoms with Gasteiger partial charge in [0.05, 0.1) is 46.8 Å². The summed E-state index contributed by atoms with van der Waals surface area (Å²) in [6.45, 7) is 27.6. The van der Waals surface area contributed by atoms with Gasteiger partial charge in [-0.2, -0.15) is 0 Å². The van der Waals surface area contributed by atoms with Crippen LogP contribution in [0, 0.1) is 0 Å². The van der Waals surface area contributed by atoms with E-state index < -0.39 is 60.4 Å². The van der Waals surface area contributed by atoms with Gasteiger partial charge in [-0.15, -0.1) is 11.3 Å². The van der Waals surface area contributed by atoms with Crippen LogP contribution in [0.4, 0.5) is 0 Å². The van der Waals surface area contributed by atoms with Crippen LogP contribution >= 0.6 is 11.3 Å². The van der Waals surface area contributed by atoms with Crippen LogP contribution in [0.25, 0.3) is 152 Å². The lowest BCUT2D eigenvalue weighted by atomic mass is 9.78. The highest BCUT2D eigenvalue weighted by molar-refractivity contribution is 7.26. The van der Waals surface area contributed by atoms with E-state index in [1.54, 1.807) is 29.5 Å². The normalized spacial score (nSPS) is 14.8. The Kier molecular flexibility index (Phi) is 8.86. The van der Waals surface area contributed by atoms with E-state index in [0.717, 1.165) is 85.8 Å². The minimum absolute atomic E-state index is 0.0517. The molecule has 0 aliphatic rings. The van der Waals surface area contributed by atoms with E-state index in [9.17, 15) is 0 Å². The van der Waals surface area contributed by atoms with Crippen LogP contribution in [-0.2, 0) is 21.7 Å². The highest BCUT2D eigenvalue weighted by Crippen LogP contribution is 2.51. The van der Waals surface area contributed by atoms with Crippen LogP contribution in [0.15, 0.2) is 206 Å². The lowest BCUT2D eigenvalue weighted by molar-refractivity contribution is 0.568. The van der Waals surface area contributed by atoms with E-state index in [0.29, 0.717) is 5.56 Å². The molecule has 0 radical (unpaired) electrons. The van der Waals surface area contributed by atoms with Crippen LogP contribution in [0.2, 0.25) is 0 Å². The van der Waals surface area contributed by atoms with Crippen molar-refractivity contribution in [2.45, 2.75) is 105 Å². The summed E-state index contributed by atoms with van der Waals surface area (Å²) >= 11 is 1.77. The van der Waals surface area contributed by atoms with E-state index in [-0.39, 0.29) is 43.9 Å². The fraction of sp³-hybridized carbons (Fsp3) is 0.195. The molecule has 0 aliphatic carbocycles. The summed E-state index contributed by atoms with van der Waals surface area (Å²) in [5, 5.41) is 11.3. The Hall–Kier alpha value is -8.76. The summed E-state index contributed by atoms with van der Waals surface area (Å²) in [6, 6.07) is 48.9. The van der Waals surface area contributed by atoms with Crippen LogP contribution in [0.5, 0.6) is 0 Å². The average molecular weight is 1130 g/mol. The van der Waals surface area contributed by atoms with Gasteiger partial charge >= 0.3 is 0 Å². The fourth-order valence-corrected chi connectivity index (χ4v) is 14.8. The van der Waals surface area contributed by atoms with E-state index in [2.05, 4.69) is 213 Å². The molecule has 0 unspecified atom stereocenters. The maximum Gasteiger partial charge on any atom is 0.0635 e. The van der Waals surface area contributed by atoms with Crippen molar-refractivity contribution in [2.24, 2.45) is 0 Å². The molecule has 0 saturated carbocycles. The van der Waals surface area contributed by atoms with Gasteiger partial charge in [-0.25, -0.2) is 0 Å². The quantitative estimate of drug-likeness (QED) is 0.162. The topological polar surface area (TPSA) is 8.82 Å². The molecule has 11 aromatic carbocycles. The highest BCUT2D eigenvalue weighted by atomic mass is 32.1. The second kappa shape index (κ2) is 17.9. The lowest BCUT2D eigenvalue weighted by Crippen LogP contribution is -2.16. The summed E-state index contributed by atoms with van der Waals surface area (Å²) in [5.74, 6) is 0. The second-order valence-electron chi connectivity index (χ2n) is 28.0. The maximum absolute atomic E-state index is 9.11. The zero-order chi connectivity index (χ0) is 67.1. The zero-order valence-corrected chi connectivity index (χ0v) is 51.0. The van der Waals surface area contributed by atoms with Crippen molar-refractivity contribution in [1.29, 1.82) is 0 Å². The van der Waals surface area contributed by atoms with Gasteiger partial charge < -0.3 is 8.80 Å². The first-order valence-electron chi connectivity index (χ1n) is 34.6. The molecule has 0 spiro atoms. The maximum atomic E-state index is 9.11. The molecule has 5 heterocycles. The smallest absolute Gasteiger partial charge is 0.0635 e. The molecule has 0 aliphatic heterocycles. The molecule has 414 valence electrons. The number of aromatic nitrogens is 2. The van der Waals surface area contributed by atoms with Crippen molar-refractivity contribution in [3.05, 3.63) is 228 Å². The number of rotatable bonds is 5. The van der Waals surface area contributed by atoms with Gasteiger partial charge in [-0.3, -0.25) is 0 Å². The van der Waals surface area contributed by atoms with Gasteiger partial charge in [0, 0.05) is 63.3 Å². The molecule has 5 aromatic heterocycles. The van der Waals surface area contributed by atoms with Crippen molar-refractivity contribution in [3.8, 4) is 55.6 Å². The minimum atomic E-state index is -0.532. The first kappa shape index (κ1) is 42.1. The molecule has 0 saturated heterocycles. The van der Waals surface area contributed by atoms with Gasteiger partial charge in [0.15, 0.2) is 0 Å². The molecule has 0 N–H and O–H groups in total. The van der Waals surface area contributed by atoms with E-state index in [4.69, 9.17) is 13.7 Å². The third-order valence-electron chi connectivity index (χ3n) is 18.2. The molecule has 0 bridgehead atoms. The summed E-state index contributed by atoms with van der Waals surface area (Å²) in [6.07, 6.45) is 0. The number of benzene rings is 11. The average Bonchev–Trinajstić information content (AvgIpc) is 1.47. The molecule has 0 fully saturated rings. The van der Waals surface area contributed by atoms with Gasteiger partial charge in [-0.1, -0.05) is 210 Å². The van der Waals surface area contributed by atoms with Gasteiger partial charge in [0.25, 0.3) is 0 Å². The van der Waals surface area contributed by atoms with E-state index in [1.165, 1.54) is 60.6 Å². The highest BCUT2D eigenvalue weighted by Gasteiger charge is 2.29. The molecule has 3 heteroatoms. The molecule has 2 nitrogen and oxygen atoms in total. The molecule has 85 heavy (non-hydrogen) atoms. The Labute approximate surface area is 516 Å². The lowest BCUT2D eigenvalue weighted by Gasteiger charge is -2.26. The number of hydrogen-bond donors (Lipinski definition) is 0. The van der Waals surface area contributed by atoms with Crippen molar-refractivity contribution >= 4 is 108 Å². The van der Waals surface area contributed by atoms with Crippen molar-refractivity contribution < 1.29 is 13.7 Å². The Bertz CT molecular complexity index is 5860. The first-order valence-corrected chi connectivity index (χ1v) is 30.5.